The number of benzene rings is 9. The molecule has 2 heterocycles. The predicted molar refractivity (Wildman–Crippen MR) is 261 cm³/mol. The number of anilines is 2. The van der Waals surface area contributed by atoms with Crippen molar-refractivity contribution in [3.8, 4) is 73.2 Å². The second-order valence-corrected chi connectivity index (χ2v) is 15.8. The lowest BCUT2D eigenvalue weighted by Crippen LogP contribution is -2.01. The van der Waals surface area contributed by atoms with Crippen LogP contribution in [0.2, 0.25) is 0 Å². The van der Waals surface area contributed by atoms with Gasteiger partial charge in [0.25, 0.3) is 0 Å². The van der Waals surface area contributed by atoms with Gasteiger partial charge in [-0.05, 0) is 107 Å². The fourth-order valence-electron chi connectivity index (χ4n) is 8.63. The summed E-state index contributed by atoms with van der Waals surface area (Å²) in [6, 6.07) is 78.6. The first-order valence-electron chi connectivity index (χ1n) is 21.3. The van der Waals surface area contributed by atoms with Crippen LogP contribution in [0.15, 0.2) is 224 Å². The number of aryl methyl sites for hydroxylation is 1. The summed E-state index contributed by atoms with van der Waals surface area (Å²) in [7, 11) is 0. The van der Waals surface area contributed by atoms with Gasteiger partial charge in [0.2, 0.25) is 0 Å². The number of hydrogen-bond acceptors (Lipinski definition) is 4. The maximum Gasteiger partial charge on any atom is 0.164 e. The summed E-state index contributed by atoms with van der Waals surface area (Å²) in [6.45, 7) is 2.18. The number of rotatable bonds is 9. The molecule has 11 rings (SSSR count). The highest BCUT2D eigenvalue weighted by Crippen LogP contribution is 2.38. The third-order valence-electron chi connectivity index (χ3n) is 11.8. The summed E-state index contributed by atoms with van der Waals surface area (Å²) in [4.78, 5) is 15.3. The van der Waals surface area contributed by atoms with E-state index in [0.29, 0.717) is 17.5 Å². The van der Waals surface area contributed by atoms with Gasteiger partial charge in [-0.1, -0.05) is 158 Å². The first-order chi connectivity index (χ1) is 31.1. The Labute approximate surface area is 366 Å². The van der Waals surface area contributed by atoms with Crippen molar-refractivity contribution in [3.63, 3.8) is 0 Å². The van der Waals surface area contributed by atoms with E-state index < -0.39 is 0 Å². The van der Waals surface area contributed by atoms with Crippen molar-refractivity contribution in [1.82, 2.24) is 19.5 Å². The van der Waals surface area contributed by atoms with Gasteiger partial charge >= 0.3 is 0 Å². The minimum absolute atomic E-state index is 0.606. The van der Waals surface area contributed by atoms with E-state index in [1.807, 2.05) is 12.1 Å². The zero-order valence-electron chi connectivity index (χ0n) is 34.7. The monoisotopic (exact) mass is 807 g/mol. The predicted octanol–water partition coefficient (Wildman–Crippen LogP) is 15.0. The number of hydrogen-bond donors (Lipinski definition) is 1. The molecule has 0 amide bonds. The van der Waals surface area contributed by atoms with Gasteiger partial charge in [-0.2, -0.15) is 0 Å². The van der Waals surface area contributed by atoms with E-state index in [-0.39, 0.29) is 0 Å². The Bertz CT molecular complexity index is 3270. The number of fused-ring (bicyclic) bond motifs is 3. The molecule has 0 radical (unpaired) electrons. The van der Waals surface area contributed by atoms with Crippen molar-refractivity contribution < 1.29 is 0 Å². The number of nitrogens with one attached hydrogen (secondary N) is 1. The molecule has 1 N–H and O–H groups in total. The van der Waals surface area contributed by atoms with Crippen LogP contribution in [0.1, 0.15) is 5.56 Å². The molecule has 63 heavy (non-hydrogen) atoms. The molecule has 0 aliphatic heterocycles. The Kier molecular flexibility index (Phi) is 9.68. The Hall–Kier alpha value is -8.41. The summed E-state index contributed by atoms with van der Waals surface area (Å²) >= 11 is 0. The van der Waals surface area contributed by atoms with E-state index in [0.717, 1.165) is 61.6 Å². The van der Waals surface area contributed by atoms with E-state index in [9.17, 15) is 0 Å². The van der Waals surface area contributed by atoms with Crippen molar-refractivity contribution in [2.24, 2.45) is 0 Å². The van der Waals surface area contributed by atoms with Gasteiger partial charge in [0.05, 0.1) is 11.0 Å². The molecule has 0 fully saturated rings. The molecule has 11 aromatic rings. The van der Waals surface area contributed by atoms with Gasteiger partial charge in [-0.25, -0.2) is 15.0 Å². The van der Waals surface area contributed by atoms with Gasteiger partial charge in [0.15, 0.2) is 17.5 Å². The molecule has 298 valence electrons. The zero-order chi connectivity index (χ0) is 42.1. The Morgan fingerprint density at radius 2 is 0.825 bits per heavy atom. The fourth-order valence-corrected chi connectivity index (χ4v) is 8.63. The lowest BCUT2D eigenvalue weighted by atomic mass is 9.98. The maximum absolute atomic E-state index is 5.11. The van der Waals surface area contributed by atoms with E-state index in [4.69, 9.17) is 15.0 Å². The van der Waals surface area contributed by atoms with Crippen LogP contribution in [0.5, 0.6) is 0 Å². The second kappa shape index (κ2) is 16.2. The SMILES string of the molecule is Cc1ccc(-n2c3ccccc3c3ccccc32)cc1-c1ccccc1Nc1ccc(-c2nc(-c3cccc(-c4ccccc4)c3)nc(-c3cccc(-c4ccccc4)c3)n2)cc1. The summed E-state index contributed by atoms with van der Waals surface area (Å²) in [5.41, 5.74) is 16.2. The first-order valence-corrected chi connectivity index (χ1v) is 21.3. The molecule has 0 bridgehead atoms. The smallest absolute Gasteiger partial charge is 0.164 e. The molecule has 5 nitrogen and oxygen atoms in total. The highest BCUT2D eigenvalue weighted by molar-refractivity contribution is 6.09. The minimum atomic E-state index is 0.606. The molecular weight excluding hydrogens is 767 g/mol. The second-order valence-electron chi connectivity index (χ2n) is 15.8. The summed E-state index contributed by atoms with van der Waals surface area (Å²) in [5.74, 6) is 1.84. The molecule has 9 aromatic carbocycles. The number of aromatic nitrogens is 4. The van der Waals surface area contributed by atoms with Gasteiger partial charge in [0, 0.05) is 50.1 Å². The van der Waals surface area contributed by atoms with Crippen molar-refractivity contribution in [2.45, 2.75) is 6.92 Å². The molecule has 5 heteroatoms. The van der Waals surface area contributed by atoms with Gasteiger partial charge < -0.3 is 9.88 Å². The third-order valence-corrected chi connectivity index (χ3v) is 11.8. The molecular formula is C58H41N5. The van der Waals surface area contributed by atoms with E-state index in [1.165, 1.54) is 32.9 Å². The van der Waals surface area contributed by atoms with Crippen molar-refractivity contribution in [1.29, 1.82) is 0 Å². The van der Waals surface area contributed by atoms with Crippen molar-refractivity contribution in [3.05, 3.63) is 230 Å². The third kappa shape index (κ3) is 7.32. The van der Waals surface area contributed by atoms with Crippen LogP contribution in [0.3, 0.4) is 0 Å². The van der Waals surface area contributed by atoms with Gasteiger partial charge in [-0.15, -0.1) is 0 Å². The van der Waals surface area contributed by atoms with Crippen LogP contribution in [0, 0.1) is 6.92 Å². The lowest BCUT2D eigenvalue weighted by Gasteiger charge is -2.17. The average molecular weight is 808 g/mol. The van der Waals surface area contributed by atoms with Crippen LogP contribution < -0.4 is 5.32 Å². The molecule has 0 saturated carbocycles. The molecule has 0 aliphatic carbocycles. The van der Waals surface area contributed by atoms with Crippen LogP contribution in [0.4, 0.5) is 11.4 Å². The fraction of sp³-hybridized carbons (Fsp3) is 0.0172. The van der Waals surface area contributed by atoms with Gasteiger partial charge in [0.1, 0.15) is 0 Å². The van der Waals surface area contributed by atoms with Crippen LogP contribution in [0.25, 0.3) is 95.0 Å². The summed E-state index contributed by atoms with van der Waals surface area (Å²) in [6.07, 6.45) is 0. The zero-order valence-corrected chi connectivity index (χ0v) is 34.7. The largest absolute Gasteiger partial charge is 0.355 e. The van der Waals surface area contributed by atoms with Gasteiger partial charge in [-0.3, -0.25) is 0 Å². The van der Waals surface area contributed by atoms with E-state index in [1.54, 1.807) is 0 Å². The Morgan fingerprint density at radius 1 is 0.349 bits per heavy atom. The van der Waals surface area contributed by atoms with Crippen molar-refractivity contribution >= 4 is 33.2 Å². The molecule has 0 aliphatic rings. The highest BCUT2D eigenvalue weighted by atomic mass is 15.0. The average Bonchev–Trinajstić information content (AvgIpc) is 3.69. The van der Waals surface area contributed by atoms with E-state index >= 15 is 0 Å². The summed E-state index contributed by atoms with van der Waals surface area (Å²) < 4.78 is 2.38. The number of nitrogens with zero attached hydrogens (tertiary/aromatic N) is 4. The molecule has 2 aromatic heterocycles. The molecule has 0 saturated heterocycles. The molecule has 0 atom stereocenters. The number of para-hydroxylation sites is 3. The standard InChI is InChI=1S/C58H41N5/c1-39-30-35-48(63-54-28-12-9-25-50(54)51-26-10-13-29-55(51)63)38-52(39)49-24-8-11-27-53(49)59-47-33-31-42(32-34-47)56-60-57(45-22-14-20-43(36-45)40-16-4-2-5-17-40)62-58(61-56)46-23-15-21-44(37-46)41-18-6-3-7-19-41/h2-38,59H,1H3. The molecule has 0 spiro atoms. The molecule has 0 unspecified atom stereocenters. The normalized spacial score (nSPS) is 11.3. The Morgan fingerprint density at radius 3 is 1.41 bits per heavy atom. The summed E-state index contributed by atoms with van der Waals surface area (Å²) in [5, 5.41) is 6.25. The minimum Gasteiger partial charge on any atom is -0.355 e. The topological polar surface area (TPSA) is 55.6 Å². The Balaban J connectivity index is 0.949. The highest BCUT2D eigenvalue weighted by Gasteiger charge is 2.17. The lowest BCUT2D eigenvalue weighted by molar-refractivity contribution is 1.07. The quantitative estimate of drug-likeness (QED) is 0.158. The van der Waals surface area contributed by atoms with Crippen LogP contribution in [-0.2, 0) is 0 Å². The maximum atomic E-state index is 5.11. The van der Waals surface area contributed by atoms with Crippen molar-refractivity contribution in [2.75, 3.05) is 5.32 Å². The van der Waals surface area contributed by atoms with E-state index in [2.05, 4.69) is 229 Å². The van der Waals surface area contributed by atoms with Crippen LogP contribution >= 0.6 is 0 Å². The first kappa shape index (κ1) is 37.6. The van der Waals surface area contributed by atoms with Crippen LogP contribution in [-0.4, -0.2) is 19.5 Å².